The minimum absolute atomic E-state index is 0.179. The fourth-order valence-corrected chi connectivity index (χ4v) is 3.36. The SMILES string of the molecule is N#CC1=C(N)OC2=C(CSCC2)C1c1ccco1. The summed E-state index contributed by atoms with van der Waals surface area (Å²) in [6.07, 6.45) is 2.48. The summed E-state index contributed by atoms with van der Waals surface area (Å²) in [4.78, 5) is 0. The maximum atomic E-state index is 9.28. The highest BCUT2D eigenvalue weighted by Gasteiger charge is 2.35. The van der Waals surface area contributed by atoms with Crippen LogP contribution in [-0.2, 0) is 4.74 Å². The van der Waals surface area contributed by atoms with Gasteiger partial charge in [0, 0.05) is 17.9 Å². The summed E-state index contributed by atoms with van der Waals surface area (Å²) in [5.41, 5.74) is 7.41. The highest BCUT2D eigenvalue weighted by Crippen LogP contribution is 2.43. The Hall–Kier alpha value is -1.80. The highest BCUT2D eigenvalue weighted by atomic mass is 32.2. The van der Waals surface area contributed by atoms with E-state index in [0.717, 1.165) is 35.0 Å². The minimum atomic E-state index is -0.179. The standard InChI is InChI=1S/C13H12N2O2S/c14-6-8-12(11-2-1-4-16-11)9-7-18-5-3-10(9)17-13(8)15/h1-2,4,12H,3,5,7,15H2. The van der Waals surface area contributed by atoms with Crippen molar-refractivity contribution in [1.82, 2.24) is 0 Å². The molecular weight excluding hydrogens is 248 g/mol. The lowest BCUT2D eigenvalue weighted by molar-refractivity contribution is 0.265. The van der Waals surface area contributed by atoms with E-state index < -0.39 is 0 Å². The fourth-order valence-electron chi connectivity index (χ4n) is 2.34. The number of nitrogens with zero attached hydrogens (tertiary/aromatic N) is 1. The molecule has 0 amide bonds. The molecule has 0 bridgehead atoms. The fraction of sp³-hybridized carbons (Fsp3) is 0.308. The molecule has 0 aliphatic carbocycles. The Bertz CT molecular complexity index is 566. The van der Waals surface area contributed by atoms with Gasteiger partial charge >= 0.3 is 0 Å². The van der Waals surface area contributed by atoms with Crippen molar-refractivity contribution < 1.29 is 9.15 Å². The van der Waals surface area contributed by atoms with Crippen LogP contribution in [0.1, 0.15) is 18.1 Å². The first-order valence-electron chi connectivity index (χ1n) is 5.72. The van der Waals surface area contributed by atoms with Crippen LogP contribution in [0.4, 0.5) is 0 Å². The van der Waals surface area contributed by atoms with Crippen LogP contribution in [0.3, 0.4) is 0 Å². The minimum Gasteiger partial charge on any atom is -0.468 e. The van der Waals surface area contributed by atoms with Crippen molar-refractivity contribution in [2.24, 2.45) is 5.73 Å². The van der Waals surface area contributed by atoms with Gasteiger partial charge in [0.05, 0.1) is 12.2 Å². The van der Waals surface area contributed by atoms with Gasteiger partial charge in [0.15, 0.2) is 0 Å². The second-order valence-corrected chi connectivity index (χ2v) is 5.30. The molecule has 0 aromatic carbocycles. The zero-order valence-corrected chi connectivity index (χ0v) is 10.5. The molecule has 0 spiro atoms. The number of allylic oxidation sites excluding steroid dienone is 2. The van der Waals surface area contributed by atoms with E-state index in [0.29, 0.717) is 5.57 Å². The Labute approximate surface area is 109 Å². The molecule has 3 rings (SSSR count). The summed E-state index contributed by atoms with van der Waals surface area (Å²) in [7, 11) is 0. The van der Waals surface area contributed by atoms with Crippen LogP contribution in [0.2, 0.25) is 0 Å². The first-order chi connectivity index (χ1) is 8.81. The second kappa shape index (κ2) is 4.46. The van der Waals surface area contributed by atoms with E-state index in [1.54, 1.807) is 6.26 Å². The maximum Gasteiger partial charge on any atom is 0.205 e. The van der Waals surface area contributed by atoms with Crippen molar-refractivity contribution in [3.8, 4) is 6.07 Å². The quantitative estimate of drug-likeness (QED) is 0.839. The number of hydrogen-bond acceptors (Lipinski definition) is 5. The highest BCUT2D eigenvalue weighted by molar-refractivity contribution is 7.99. The molecule has 4 nitrogen and oxygen atoms in total. The van der Waals surface area contributed by atoms with E-state index >= 15 is 0 Å². The van der Waals surface area contributed by atoms with Crippen molar-refractivity contribution in [1.29, 1.82) is 5.26 Å². The van der Waals surface area contributed by atoms with E-state index in [-0.39, 0.29) is 11.8 Å². The van der Waals surface area contributed by atoms with Gasteiger partial charge in [-0.15, -0.1) is 0 Å². The first kappa shape index (κ1) is 11.3. The summed E-state index contributed by atoms with van der Waals surface area (Å²) in [6.45, 7) is 0. The average Bonchev–Trinajstić information content (AvgIpc) is 2.90. The molecule has 0 radical (unpaired) electrons. The maximum absolute atomic E-state index is 9.28. The number of furan rings is 1. The van der Waals surface area contributed by atoms with Gasteiger partial charge in [-0.25, -0.2) is 0 Å². The largest absolute Gasteiger partial charge is 0.468 e. The predicted octanol–water partition coefficient (Wildman–Crippen LogP) is 2.48. The molecule has 1 aromatic rings. The van der Waals surface area contributed by atoms with Crippen molar-refractivity contribution in [3.63, 3.8) is 0 Å². The summed E-state index contributed by atoms with van der Waals surface area (Å²) < 4.78 is 11.0. The van der Waals surface area contributed by atoms with Gasteiger partial charge in [0.2, 0.25) is 5.88 Å². The zero-order chi connectivity index (χ0) is 12.5. The Kier molecular flexibility index (Phi) is 2.80. The van der Waals surface area contributed by atoms with Crippen LogP contribution in [0.5, 0.6) is 0 Å². The van der Waals surface area contributed by atoms with E-state index in [2.05, 4.69) is 6.07 Å². The molecule has 1 atom stereocenters. The van der Waals surface area contributed by atoms with Gasteiger partial charge in [-0.3, -0.25) is 0 Å². The third kappa shape index (κ3) is 1.70. The van der Waals surface area contributed by atoms with Crippen molar-refractivity contribution in [2.45, 2.75) is 12.3 Å². The van der Waals surface area contributed by atoms with Gasteiger partial charge in [-0.05, 0) is 17.7 Å². The van der Waals surface area contributed by atoms with Crippen LogP contribution in [-0.4, -0.2) is 11.5 Å². The number of hydrogen-bond donors (Lipinski definition) is 1. The van der Waals surface area contributed by atoms with Crippen LogP contribution < -0.4 is 5.73 Å². The van der Waals surface area contributed by atoms with Gasteiger partial charge in [-0.1, -0.05) is 0 Å². The molecule has 3 heterocycles. The number of rotatable bonds is 1. The number of nitriles is 1. The third-order valence-electron chi connectivity index (χ3n) is 3.17. The van der Waals surface area contributed by atoms with Gasteiger partial charge < -0.3 is 14.9 Å². The molecule has 1 unspecified atom stereocenters. The first-order valence-corrected chi connectivity index (χ1v) is 6.87. The molecule has 0 saturated heterocycles. The molecule has 2 aliphatic rings. The summed E-state index contributed by atoms with van der Waals surface area (Å²) >= 11 is 1.84. The molecule has 1 aromatic heterocycles. The molecule has 0 fully saturated rings. The molecule has 2 N–H and O–H groups in total. The lowest BCUT2D eigenvalue weighted by Gasteiger charge is -2.30. The summed E-state index contributed by atoms with van der Waals surface area (Å²) in [5.74, 6) is 3.59. The topological polar surface area (TPSA) is 72.2 Å². The number of nitrogens with two attached hydrogens (primary N) is 1. The van der Waals surface area contributed by atoms with Crippen LogP contribution in [0.15, 0.2) is 45.6 Å². The van der Waals surface area contributed by atoms with Gasteiger partial charge in [-0.2, -0.15) is 17.0 Å². The van der Waals surface area contributed by atoms with Gasteiger partial charge in [0.25, 0.3) is 0 Å². The Morgan fingerprint density at radius 1 is 1.50 bits per heavy atom. The normalized spacial score (nSPS) is 23.4. The van der Waals surface area contributed by atoms with Crippen LogP contribution in [0.25, 0.3) is 0 Å². The lowest BCUT2D eigenvalue weighted by atomic mass is 9.87. The number of ether oxygens (including phenoxy) is 1. The Morgan fingerprint density at radius 3 is 3.11 bits per heavy atom. The second-order valence-electron chi connectivity index (χ2n) is 4.19. The molecule has 5 heteroatoms. The summed E-state index contributed by atoms with van der Waals surface area (Å²) in [6, 6.07) is 5.86. The molecule has 18 heavy (non-hydrogen) atoms. The summed E-state index contributed by atoms with van der Waals surface area (Å²) in [5, 5.41) is 9.28. The third-order valence-corrected chi connectivity index (χ3v) is 4.18. The van der Waals surface area contributed by atoms with E-state index in [4.69, 9.17) is 14.9 Å². The molecule has 2 aliphatic heterocycles. The predicted molar refractivity (Wildman–Crippen MR) is 68.3 cm³/mol. The zero-order valence-electron chi connectivity index (χ0n) is 9.68. The molecule has 92 valence electrons. The van der Waals surface area contributed by atoms with E-state index in [9.17, 15) is 5.26 Å². The van der Waals surface area contributed by atoms with Crippen LogP contribution >= 0.6 is 11.8 Å². The van der Waals surface area contributed by atoms with E-state index in [1.807, 2.05) is 23.9 Å². The molecule has 0 saturated carbocycles. The average molecular weight is 260 g/mol. The van der Waals surface area contributed by atoms with Crippen LogP contribution in [0, 0.1) is 11.3 Å². The lowest BCUT2D eigenvalue weighted by Crippen LogP contribution is -2.24. The Morgan fingerprint density at radius 2 is 2.39 bits per heavy atom. The van der Waals surface area contributed by atoms with Crippen molar-refractivity contribution in [3.05, 3.63) is 46.9 Å². The Balaban J connectivity index is 2.11. The van der Waals surface area contributed by atoms with Crippen molar-refractivity contribution in [2.75, 3.05) is 11.5 Å². The van der Waals surface area contributed by atoms with Crippen molar-refractivity contribution >= 4 is 11.8 Å². The monoisotopic (exact) mass is 260 g/mol. The van der Waals surface area contributed by atoms with E-state index in [1.165, 1.54) is 0 Å². The number of thioether (sulfide) groups is 1. The molecular formula is C13H12N2O2S. The van der Waals surface area contributed by atoms with Gasteiger partial charge in [0.1, 0.15) is 23.2 Å². The smallest absolute Gasteiger partial charge is 0.205 e.